The van der Waals surface area contributed by atoms with Gasteiger partial charge in [0.25, 0.3) is 5.91 Å². The molecule has 1 amide bonds. The largest absolute Gasteiger partial charge is 0.494 e. The molecule has 7 nitrogen and oxygen atoms in total. The molecule has 1 spiro atoms. The summed E-state index contributed by atoms with van der Waals surface area (Å²) in [7, 11) is 3.52. The smallest absolute Gasteiger partial charge is 0.254 e. The number of benzene rings is 1. The van der Waals surface area contributed by atoms with Gasteiger partial charge in [0.2, 0.25) is 11.8 Å². The van der Waals surface area contributed by atoms with Gasteiger partial charge in [-0.1, -0.05) is 13.8 Å². The number of aromatic nitrogens is 2. The number of halogens is 1. The minimum absolute atomic E-state index is 0.0155. The average Bonchev–Trinajstić information content (AvgIpc) is 3.35. The van der Waals surface area contributed by atoms with Crippen LogP contribution in [0.3, 0.4) is 0 Å². The third-order valence-electron chi connectivity index (χ3n) is 6.56. The molecule has 0 saturated carbocycles. The maximum atomic E-state index is 14.2. The molecule has 2 aromatic rings. The number of amides is 1. The molecule has 0 radical (unpaired) electrons. The lowest BCUT2D eigenvalue weighted by Gasteiger charge is -2.40. The number of hydrogen-bond acceptors (Lipinski definition) is 6. The Labute approximate surface area is 176 Å². The molecule has 3 heterocycles. The van der Waals surface area contributed by atoms with Crippen molar-refractivity contribution in [2.45, 2.75) is 38.5 Å². The van der Waals surface area contributed by atoms with E-state index in [9.17, 15) is 9.18 Å². The molecule has 4 rings (SSSR count). The SMILES string of the molecule is COc1ccc(C(=O)N2CC(c3nnc(C(C)C)o3)C3(CCN(C)CC3)C2)cc1F. The van der Waals surface area contributed by atoms with E-state index >= 15 is 0 Å². The van der Waals surface area contributed by atoms with E-state index in [0.29, 0.717) is 30.4 Å². The van der Waals surface area contributed by atoms with Crippen molar-refractivity contribution in [1.29, 1.82) is 0 Å². The van der Waals surface area contributed by atoms with Gasteiger partial charge >= 0.3 is 0 Å². The number of rotatable bonds is 4. The lowest BCUT2D eigenvalue weighted by atomic mass is 9.71. The second kappa shape index (κ2) is 7.98. The normalized spacial score (nSPS) is 21.5. The number of carbonyl (C=O) groups is 1. The van der Waals surface area contributed by atoms with Crippen molar-refractivity contribution in [1.82, 2.24) is 20.0 Å². The Morgan fingerprint density at radius 3 is 2.63 bits per heavy atom. The molecule has 162 valence electrons. The minimum atomic E-state index is -0.536. The summed E-state index contributed by atoms with van der Waals surface area (Å²) in [5.74, 6) is 0.783. The molecule has 30 heavy (non-hydrogen) atoms. The fraction of sp³-hybridized carbons (Fsp3) is 0.591. The maximum absolute atomic E-state index is 14.2. The van der Waals surface area contributed by atoms with Crippen LogP contribution in [0.25, 0.3) is 0 Å². The van der Waals surface area contributed by atoms with Gasteiger partial charge in [0.05, 0.1) is 13.0 Å². The van der Waals surface area contributed by atoms with Crippen molar-refractivity contribution in [3.63, 3.8) is 0 Å². The number of methoxy groups -OCH3 is 1. The lowest BCUT2D eigenvalue weighted by molar-refractivity contribution is 0.0726. The van der Waals surface area contributed by atoms with E-state index in [1.807, 2.05) is 18.7 Å². The van der Waals surface area contributed by atoms with Crippen molar-refractivity contribution < 1.29 is 18.3 Å². The van der Waals surface area contributed by atoms with Gasteiger partial charge in [-0.05, 0) is 51.2 Å². The van der Waals surface area contributed by atoms with Crippen LogP contribution in [0.15, 0.2) is 22.6 Å². The predicted molar refractivity (Wildman–Crippen MR) is 109 cm³/mol. The molecule has 2 fully saturated rings. The van der Waals surface area contributed by atoms with Crippen molar-refractivity contribution in [2.75, 3.05) is 40.3 Å². The molecule has 0 bridgehead atoms. The monoisotopic (exact) mass is 416 g/mol. The molecule has 2 aliphatic rings. The molecule has 1 aromatic heterocycles. The fourth-order valence-electron chi connectivity index (χ4n) is 4.64. The van der Waals surface area contributed by atoms with Crippen LogP contribution in [-0.4, -0.2) is 66.2 Å². The average molecular weight is 416 g/mol. The van der Waals surface area contributed by atoms with Gasteiger partial charge < -0.3 is 19.0 Å². The highest BCUT2D eigenvalue weighted by Gasteiger charge is 2.52. The van der Waals surface area contributed by atoms with Crippen LogP contribution in [0.1, 0.15) is 60.7 Å². The van der Waals surface area contributed by atoms with Gasteiger partial charge in [-0.15, -0.1) is 10.2 Å². The molecular formula is C22H29FN4O3. The molecule has 0 N–H and O–H groups in total. The Morgan fingerprint density at radius 1 is 1.30 bits per heavy atom. The van der Waals surface area contributed by atoms with Gasteiger partial charge in [-0.2, -0.15) is 0 Å². The first-order valence-corrected chi connectivity index (χ1v) is 10.5. The molecule has 0 aliphatic carbocycles. The molecule has 8 heteroatoms. The number of ether oxygens (including phenoxy) is 1. The van der Waals surface area contributed by atoms with E-state index < -0.39 is 5.82 Å². The lowest BCUT2D eigenvalue weighted by Crippen LogP contribution is -2.42. The van der Waals surface area contributed by atoms with Crippen LogP contribution in [-0.2, 0) is 0 Å². The topological polar surface area (TPSA) is 71.7 Å². The van der Waals surface area contributed by atoms with E-state index in [0.717, 1.165) is 25.9 Å². The van der Waals surface area contributed by atoms with Gasteiger partial charge in [-0.25, -0.2) is 4.39 Å². The molecule has 2 saturated heterocycles. The first kappa shape index (κ1) is 20.8. The first-order valence-electron chi connectivity index (χ1n) is 10.5. The molecule has 1 aromatic carbocycles. The number of nitrogens with zero attached hydrogens (tertiary/aromatic N) is 4. The molecular weight excluding hydrogens is 387 g/mol. The standard InChI is InChI=1S/C22H29FN4O3/c1-14(2)19-24-25-20(30-19)16-12-27(13-22(16)7-9-26(3)10-8-22)21(28)15-5-6-18(29-4)17(23)11-15/h5-6,11,14,16H,7-10,12-13H2,1-4H3. The Kier molecular flexibility index (Phi) is 5.53. The number of hydrogen-bond donors (Lipinski definition) is 0. The van der Waals surface area contributed by atoms with E-state index in [1.54, 1.807) is 6.07 Å². The second-order valence-corrected chi connectivity index (χ2v) is 8.89. The highest BCUT2D eigenvalue weighted by molar-refractivity contribution is 5.94. The minimum Gasteiger partial charge on any atom is -0.494 e. The van der Waals surface area contributed by atoms with E-state index in [1.165, 1.54) is 19.2 Å². The number of likely N-dealkylation sites (tertiary alicyclic amines) is 2. The maximum Gasteiger partial charge on any atom is 0.254 e. The van der Waals surface area contributed by atoms with E-state index in [2.05, 4.69) is 22.1 Å². The highest BCUT2D eigenvalue weighted by atomic mass is 19.1. The zero-order chi connectivity index (χ0) is 21.5. The van der Waals surface area contributed by atoms with Gasteiger partial charge in [0, 0.05) is 30.0 Å². The van der Waals surface area contributed by atoms with Crippen molar-refractivity contribution >= 4 is 5.91 Å². The predicted octanol–water partition coefficient (Wildman–Crippen LogP) is 3.29. The van der Waals surface area contributed by atoms with E-state index in [4.69, 9.17) is 9.15 Å². The summed E-state index contributed by atoms with van der Waals surface area (Å²) in [6.07, 6.45) is 1.91. The third kappa shape index (κ3) is 3.69. The van der Waals surface area contributed by atoms with Gasteiger partial charge in [-0.3, -0.25) is 4.79 Å². The second-order valence-electron chi connectivity index (χ2n) is 8.89. The zero-order valence-electron chi connectivity index (χ0n) is 18.0. The third-order valence-corrected chi connectivity index (χ3v) is 6.56. The van der Waals surface area contributed by atoms with Crippen molar-refractivity contribution in [3.05, 3.63) is 41.4 Å². The highest BCUT2D eigenvalue weighted by Crippen LogP contribution is 2.49. The summed E-state index contributed by atoms with van der Waals surface area (Å²) in [6, 6.07) is 4.36. The Hall–Kier alpha value is -2.48. The summed E-state index contributed by atoms with van der Waals surface area (Å²) in [5.41, 5.74) is 0.221. The van der Waals surface area contributed by atoms with Crippen LogP contribution >= 0.6 is 0 Å². The van der Waals surface area contributed by atoms with Crippen LogP contribution < -0.4 is 4.74 Å². The summed E-state index contributed by atoms with van der Waals surface area (Å²) >= 11 is 0. The number of piperidine rings is 1. The quantitative estimate of drug-likeness (QED) is 0.762. The molecule has 2 aliphatic heterocycles. The summed E-state index contributed by atoms with van der Waals surface area (Å²) < 4.78 is 25.2. The van der Waals surface area contributed by atoms with Crippen LogP contribution in [0.4, 0.5) is 4.39 Å². The first-order chi connectivity index (χ1) is 14.3. The van der Waals surface area contributed by atoms with Crippen LogP contribution in [0.2, 0.25) is 0 Å². The summed E-state index contributed by atoms with van der Waals surface area (Å²) in [5, 5.41) is 8.56. The van der Waals surface area contributed by atoms with Crippen molar-refractivity contribution in [2.24, 2.45) is 5.41 Å². The van der Waals surface area contributed by atoms with Crippen molar-refractivity contribution in [3.8, 4) is 5.75 Å². The zero-order valence-corrected chi connectivity index (χ0v) is 18.0. The summed E-state index contributed by atoms with van der Waals surface area (Å²) in [6.45, 7) is 7.06. The Balaban J connectivity index is 1.63. The molecule has 1 unspecified atom stereocenters. The fourth-order valence-corrected chi connectivity index (χ4v) is 4.64. The Morgan fingerprint density at radius 2 is 2.03 bits per heavy atom. The van der Waals surface area contributed by atoms with Gasteiger partial charge in [0.1, 0.15) is 0 Å². The summed E-state index contributed by atoms with van der Waals surface area (Å²) in [4.78, 5) is 17.3. The van der Waals surface area contributed by atoms with Gasteiger partial charge in [0.15, 0.2) is 11.6 Å². The number of carbonyl (C=O) groups excluding carboxylic acids is 1. The van der Waals surface area contributed by atoms with Crippen LogP contribution in [0, 0.1) is 11.2 Å². The van der Waals surface area contributed by atoms with Crippen LogP contribution in [0.5, 0.6) is 5.75 Å². The molecule has 1 atom stereocenters. The van der Waals surface area contributed by atoms with E-state index in [-0.39, 0.29) is 28.9 Å². The Bertz CT molecular complexity index is 921.